The van der Waals surface area contributed by atoms with Crippen LogP contribution in [0.5, 0.6) is 0 Å². The van der Waals surface area contributed by atoms with Crippen molar-refractivity contribution in [3.8, 4) is 0 Å². The van der Waals surface area contributed by atoms with Crippen LogP contribution in [-0.2, 0) is 12.7 Å². The Morgan fingerprint density at radius 3 is 2.75 bits per heavy atom. The van der Waals surface area contributed by atoms with Crippen LogP contribution in [0, 0.1) is 0 Å². The number of rotatable bonds is 6. The summed E-state index contributed by atoms with van der Waals surface area (Å²) in [5, 5.41) is 10.3. The predicted octanol–water partition coefficient (Wildman–Crippen LogP) is 4.39. The molecular weight excluding hydrogens is 409 g/mol. The molecule has 4 rings (SSSR count). The van der Waals surface area contributed by atoms with Crippen molar-refractivity contribution in [3.05, 3.63) is 71.8 Å². The molecule has 3 heterocycles. The standard InChI is InChI=1S/C23H24FN7O/c1-14(28-20-13-26-19-12-27-31(4)21(19)30-20)15-6-5-7-18(9-15)29-22(32)16-8-17(11-25-10-16)23(2,3)24/h5-14H,1-4H3,(H,28,30)(H,29,32)/t14-/m0/s1. The Balaban J connectivity index is 1.49. The molecule has 0 spiro atoms. The summed E-state index contributed by atoms with van der Waals surface area (Å²) in [6, 6.07) is 8.91. The second-order valence-corrected chi connectivity index (χ2v) is 8.11. The monoisotopic (exact) mass is 433 g/mol. The van der Waals surface area contributed by atoms with Gasteiger partial charge in [0, 0.05) is 30.7 Å². The molecule has 0 aliphatic heterocycles. The van der Waals surface area contributed by atoms with Crippen molar-refractivity contribution < 1.29 is 9.18 Å². The first-order valence-electron chi connectivity index (χ1n) is 10.2. The van der Waals surface area contributed by atoms with Gasteiger partial charge in [-0.2, -0.15) is 5.10 Å². The van der Waals surface area contributed by atoms with E-state index in [9.17, 15) is 9.18 Å². The van der Waals surface area contributed by atoms with Crippen LogP contribution >= 0.6 is 0 Å². The van der Waals surface area contributed by atoms with Gasteiger partial charge in [0.1, 0.15) is 17.0 Å². The number of amides is 1. The first-order valence-corrected chi connectivity index (χ1v) is 10.2. The molecule has 8 nitrogen and oxygen atoms in total. The molecule has 0 bridgehead atoms. The summed E-state index contributed by atoms with van der Waals surface area (Å²) in [5.74, 6) is 0.272. The molecule has 164 valence electrons. The SMILES string of the molecule is C[C@H](Nc1cnc2cnn(C)c2n1)c1cccc(NC(=O)c2cncc(C(C)(C)F)c2)c1. The molecular formula is C23H24FN7O. The highest BCUT2D eigenvalue weighted by atomic mass is 19.1. The number of anilines is 2. The highest BCUT2D eigenvalue weighted by Gasteiger charge is 2.21. The predicted molar refractivity (Wildman–Crippen MR) is 121 cm³/mol. The molecule has 1 aromatic carbocycles. The molecule has 0 aliphatic rings. The van der Waals surface area contributed by atoms with Gasteiger partial charge in [-0.05, 0) is 44.5 Å². The number of nitrogens with zero attached hydrogens (tertiary/aromatic N) is 5. The van der Waals surface area contributed by atoms with E-state index in [-0.39, 0.29) is 11.9 Å². The van der Waals surface area contributed by atoms with Crippen LogP contribution in [0.3, 0.4) is 0 Å². The van der Waals surface area contributed by atoms with Gasteiger partial charge < -0.3 is 10.6 Å². The summed E-state index contributed by atoms with van der Waals surface area (Å²) in [4.78, 5) is 25.6. The van der Waals surface area contributed by atoms with Gasteiger partial charge in [0.25, 0.3) is 5.91 Å². The van der Waals surface area contributed by atoms with E-state index in [1.807, 2.05) is 32.2 Å². The van der Waals surface area contributed by atoms with Crippen molar-refractivity contribution in [3.63, 3.8) is 0 Å². The summed E-state index contributed by atoms with van der Waals surface area (Å²) in [6.07, 6.45) is 6.18. The van der Waals surface area contributed by atoms with Gasteiger partial charge in [-0.25, -0.2) is 19.0 Å². The minimum atomic E-state index is -1.58. The number of hydrogen-bond acceptors (Lipinski definition) is 6. The van der Waals surface area contributed by atoms with Gasteiger partial charge in [0.15, 0.2) is 5.65 Å². The van der Waals surface area contributed by atoms with Gasteiger partial charge in [0.2, 0.25) is 0 Å². The highest BCUT2D eigenvalue weighted by Crippen LogP contribution is 2.25. The maximum Gasteiger partial charge on any atom is 0.257 e. The number of fused-ring (bicyclic) bond motifs is 1. The third kappa shape index (κ3) is 4.56. The Bertz CT molecular complexity index is 1280. The van der Waals surface area contributed by atoms with E-state index in [0.717, 1.165) is 11.1 Å². The maximum atomic E-state index is 14.2. The van der Waals surface area contributed by atoms with Crippen LogP contribution < -0.4 is 10.6 Å². The number of carbonyl (C=O) groups excluding carboxylic acids is 1. The van der Waals surface area contributed by atoms with Gasteiger partial charge in [0.05, 0.1) is 24.0 Å². The first kappa shape index (κ1) is 21.4. The van der Waals surface area contributed by atoms with Crippen LogP contribution in [0.2, 0.25) is 0 Å². The lowest BCUT2D eigenvalue weighted by Gasteiger charge is -2.17. The quantitative estimate of drug-likeness (QED) is 0.468. The topological polar surface area (TPSA) is 97.6 Å². The van der Waals surface area contributed by atoms with Crippen LogP contribution in [0.15, 0.2) is 55.1 Å². The zero-order chi connectivity index (χ0) is 22.9. The molecule has 0 saturated carbocycles. The average molecular weight is 433 g/mol. The van der Waals surface area contributed by atoms with Crippen LogP contribution in [-0.4, -0.2) is 30.6 Å². The van der Waals surface area contributed by atoms with Gasteiger partial charge in [-0.3, -0.25) is 9.78 Å². The molecule has 0 saturated heterocycles. The number of halogens is 1. The fraction of sp³-hybridized carbons (Fsp3) is 0.261. The van der Waals surface area contributed by atoms with Crippen molar-refractivity contribution in [2.24, 2.45) is 7.05 Å². The minimum Gasteiger partial charge on any atom is -0.362 e. The molecule has 9 heteroatoms. The van der Waals surface area contributed by atoms with E-state index in [0.29, 0.717) is 28.3 Å². The molecule has 0 aliphatic carbocycles. The second kappa shape index (κ2) is 8.33. The zero-order valence-electron chi connectivity index (χ0n) is 18.3. The molecule has 0 radical (unpaired) electrons. The first-order chi connectivity index (χ1) is 15.2. The molecule has 32 heavy (non-hydrogen) atoms. The number of nitrogens with one attached hydrogen (secondary N) is 2. The Labute approximate surface area is 184 Å². The molecule has 1 amide bonds. The van der Waals surface area contributed by atoms with E-state index in [1.54, 1.807) is 23.1 Å². The van der Waals surface area contributed by atoms with Crippen LogP contribution in [0.1, 0.15) is 48.3 Å². The number of alkyl halides is 1. The minimum absolute atomic E-state index is 0.0934. The Kier molecular flexibility index (Phi) is 5.56. The number of aryl methyl sites for hydroxylation is 1. The van der Waals surface area contributed by atoms with Crippen molar-refractivity contribution in [2.45, 2.75) is 32.5 Å². The zero-order valence-corrected chi connectivity index (χ0v) is 18.3. The molecule has 2 N–H and O–H groups in total. The fourth-order valence-electron chi connectivity index (χ4n) is 3.27. The van der Waals surface area contributed by atoms with Crippen molar-refractivity contribution >= 4 is 28.6 Å². The summed E-state index contributed by atoms with van der Waals surface area (Å²) >= 11 is 0. The van der Waals surface area contributed by atoms with Gasteiger partial charge in [-0.1, -0.05) is 12.1 Å². The summed E-state index contributed by atoms with van der Waals surface area (Å²) < 4.78 is 15.9. The molecule has 3 aromatic heterocycles. The molecule has 1 atom stereocenters. The smallest absolute Gasteiger partial charge is 0.257 e. The average Bonchev–Trinajstić information content (AvgIpc) is 3.13. The van der Waals surface area contributed by atoms with Crippen LogP contribution in [0.25, 0.3) is 11.2 Å². The van der Waals surface area contributed by atoms with Crippen molar-refractivity contribution in [1.29, 1.82) is 0 Å². The Morgan fingerprint density at radius 2 is 1.97 bits per heavy atom. The Hall–Kier alpha value is -3.88. The normalized spacial score (nSPS) is 12.5. The second-order valence-electron chi connectivity index (χ2n) is 8.11. The van der Waals surface area contributed by atoms with Gasteiger partial charge >= 0.3 is 0 Å². The third-order valence-corrected chi connectivity index (χ3v) is 5.14. The molecule has 0 unspecified atom stereocenters. The van der Waals surface area contributed by atoms with Crippen LogP contribution in [0.4, 0.5) is 15.9 Å². The summed E-state index contributed by atoms with van der Waals surface area (Å²) in [7, 11) is 1.82. The van der Waals surface area contributed by atoms with E-state index in [4.69, 9.17) is 0 Å². The fourth-order valence-corrected chi connectivity index (χ4v) is 3.27. The van der Waals surface area contributed by atoms with Crippen molar-refractivity contribution in [2.75, 3.05) is 10.6 Å². The lowest BCUT2D eigenvalue weighted by atomic mass is 10.0. The lowest BCUT2D eigenvalue weighted by molar-refractivity contribution is 0.102. The number of pyridine rings is 1. The Morgan fingerprint density at radius 1 is 1.16 bits per heavy atom. The number of hydrogen-bond donors (Lipinski definition) is 2. The molecule has 4 aromatic rings. The van der Waals surface area contributed by atoms with E-state index in [2.05, 4.69) is 30.7 Å². The number of carbonyl (C=O) groups is 1. The van der Waals surface area contributed by atoms with E-state index >= 15 is 0 Å². The van der Waals surface area contributed by atoms with Gasteiger partial charge in [-0.15, -0.1) is 0 Å². The maximum absolute atomic E-state index is 14.2. The largest absolute Gasteiger partial charge is 0.362 e. The number of benzene rings is 1. The highest BCUT2D eigenvalue weighted by molar-refractivity contribution is 6.04. The summed E-state index contributed by atoms with van der Waals surface area (Å²) in [5.41, 5.74) is 2.06. The van der Waals surface area contributed by atoms with Crippen molar-refractivity contribution in [1.82, 2.24) is 24.7 Å². The van der Waals surface area contributed by atoms with E-state index < -0.39 is 5.67 Å². The number of aromatic nitrogens is 5. The van der Waals surface area contributed by atoms with E-state index in [1.165, 1.54) is 32.3 Å². The summed E-state index contributed by atoms with van der Waals surface area (Å²) in [6.45, 7) is 4.85. The lowest BCUT2D eigenvalue weighted by Crippen LogP contribution is -2.16. The molecule has 0 fully saturated rings. The third-order valence-electron chi connectivity index (χ3n) is 5.14.